The Kier molecular flexibility index (Phi) is 3.78. The smallest absolute Gasteiger partial charge is 0.220 e. The van der Waals surface area contributed by atoms with E-state index in [4.69, 9.17) is 0 Å². The number of amides is 1. The fourth-order valence-corrected chi connectivity index (χ4v) is 3.12. The standard InChI is InChI=1S/C17H21N3O/c1-12-9-14-5-3-4-6-15(14)17(12)19-16(21)8-7-13-10-18-20(2)11-13/h3-6,10-12,17H,7-9H2,1-2H3,(H,19,21)/t12-,17-/m0/s1. The van der Waals surface area contributed by atoms with Gasteiger partial charge >= 0.3 is 0 Å². The predicted octanol–water partition coefficient (Wildman–Crippen LogP) is 2.40. The van der Waals surface area contributed by atoms with E-state index in [1.807, 2.05) is 25.5 Å². The van der Waals surface area contributed by atoms with Crippen LogP contribution in [0.15, 0.2) is 36.7 Å². The minimum atomic E-state index is 0.118. The van der Waals surface area contributed by atoms with Crippen LogP contribution < -0.4 is 5.32 Å². The maximum atomic E-state index is 12.2. The molecule has 1 aromatic carbocycles. The zero-order valence-corrected chi connectivity index (χ0v) is 12.5. The fourth-order valence-electron chi connectivity index (χ4n) is 3.12. The minimum Gasteiger partial charge on any atom is -0.349 e. The maximum absolute atomic E-state index is 12.2. The van der Waals surface area contributed by atoms with E-state index in [9.17, 15) is 4.79 Å². The molecule has 0 saturated heterocycles. The largest absolute Gasteiger partial charge is 0.349 e. The van der Waals surface area contributed by atoms with Crippen LogP contribution >= 0.6 is 0 Å². The number of carbonyl (C=O) groups excluding carboxylic acids is 1. The molecular weight excluding hydrogens is 262 g/mol. The Labute approximate surface area is 125 Å². The molecule has 1 aromatic heterocycles. The van der Waals surface area contributed by atoms with E-state index < -0.39 is 0 Å². The molecule has 110 valence electrons. The lowest BCUT2D eigenvalue weighted by Gasteiger charge is -2.18. The summed E-state index contributed by atoms with van der Waals surface area (Å²) >= 11 is 0. The van der Waals surface area contributed by atoms with Crippen molar-refractivity contribution in [3.05, 3.63) is 53.3 Å². The van der Waals surface area contributed by atoms with Gasteiger partial charge in [-0.15, -0.1) is 0 Å². The Morgan fingerprint density at radius 3 is 3.00 bits per heavy atom. The lowest BCUT2D eigenvalue weighted by atomic mass is 10.0. The third kappa shape index (κ3) is 2.99. The van der Waals surface area contributed by atoms with Crippen molar-refractivity contribution in [2.45, 2.75) is 32.2 Å². The fraction of sp³-hybridized carbons (Fsp3) is 0.412. The van der Waals surface area contributed by atoms with Crippen molar-refractivity contribution in [2.75, 3.05) is 0 Å². The Balaban J connectivity index is 1.60. The second-order valence-electron chi connectivity index (χ2n) is 5.95. The SMILES string of the molecule is C[C@H]1Cc2ccccc2[C@H]1NC(=O)CCc1cnn(C)c1. The van der Waals surface area contributed by atoms with Crippen LogP contribution in [-0.4, -0.2) is 15.7 Å². The van der Waals surface area contributed by atoms with E-state index in [1.165, 1.54) is 11.1 Å². The number of carbonyl (C=O) groups is 1. The van der Waals surface area contributed by atoms with Gasteiger partial charge in [-0.25, -0.2) is 0 Å². The number of benzene rings is 1. The normalized spacial score (nSPS) is 20.3. The van der Waals surface area contributed by atoms with Crippen LogP contribution in [0.25, 0.3) is 0 Å². The molecule has 3 rings (SSSR count). The molecule has 0 spiro atoms. The molecule has 1 N–H and O–H groups in total. The first-order valence-electron chi connectivity index (χ1n) is 7.48. The number of fused-ring (bicyclic) bond motifs is 1. The molecule has 1 aliphatic carbocycles. The van der Waals surface area contributed by atoms with Gasteiger partial charge in [0.25, 0.3) is 0 Å². The van der Waals surface area contributed by atoms with Crippen LogP contribution in [0.4, 0.5) is 0 Å². The summed E-state index contributed by atoms with van der Waals surface area (Å²) in [6.07, 6.45) is 6.07. The maximum Gasteiger partial charge on any atom is 0.220 e. The number of hydrogen-bond acceptors (Lipinski definition) is 2. The van der Waals surface area contributed by atoms with Crippen LogP contribution in [0.3, 0.4) is 0 Å². The first kappa shape index (κ1) is 13.9. The molecule has 0 bridgehead atoms. The molecule has 0 fully saturated rings. The van der Waals surface area contributed by atoms with Crippen LogP contribution in [0.1, 0.15) is 36.1 Å². The number of aryl methyl sites for hydroxylation is 2. The molecule has 2 atom stereocenters. The van der Waals surface area contributed by atoms with Gasteiger partial charge in [-0.1, -0.05) is 31.2 Å². The van der Waals surface area contributed by atoms with Crippen molar-refractivity contribution in [2.24, 2.45) is 13.0 Å². The van der Waals surface area contributed by atoms with Crippen LogP contribution in [0, 0.1) is 5.92 Å². The van der Waals surface area contributed by atoms with Gasteiger partial charge in [0.2, 0.25) is 5.91 Å². The van der Waals surface area contributed by atoms with Crippen molar-refractivity contribution in [3.63, 3.8) is 0 Å². The molecule has 1 amide bonds. The highest BCUT2D eigenvalue weighted by Crippen LogP contribution is 2.35. The van der Waals surface area contributed by atoms with Crippen molar-refractivity contribution < 1.29 is 4.79 Å². The lowest BCUT2D eigenvalue weighted by Crippen LogP contribution is -2.30. The highest BCUT2D eigenvalue weighted by atomic mass is 16.1. The lowest BCUT2D eigenvalue weighted by molar-refractivity contribution is -0.122. The predicted molar refractivity (Wildman–Crippen MR) is 81.7 cm³/mol. The molecule has 4 nitrogen and oxygen atoms in total. The number of nitrogens with one attached hydrogen (secondary N) is 1. The zero-order chi connectivity index (χ0) is 14.8. The van der Waals surface area contributed by atoms with Gasteiger partial charge in [0, 0.05) is 19.7 Å². The van der Waals surface area contributed by atoms with Gasteiger partial charge in [0.15, 0.2) is 0 Å². The summed E-state index contributed by atoms with van der Waals surface area (Å²) in [5, 5.41) is 7.32. The minimum absolute atomic E-state index is 0.118. The highest BCUT2D eigenvalue weighted by Gasteiger charge is 2.29. The van der Waals surface area contributed by atoms with Crippen molar-refractivity contribution in [1.29, 1.82) is 0 Å². The van der Waals surface area contributed by atoms with Gasteiger partial charge in [-0.2, -0.15) is 5.10 Å². The van der Waals surface area contributed by atoms with Gasteiger partial charge in [0.05, 0.1) is 12.2 Å². The van der Waals surface area contributed by atoms with E-state index in [2.05, 4.69) is 35.5 Å². The van der Waals surface area contributed by atoms with Gasteiger partial charge in [0.1, 0.15) is 0 Å². The molecule has 1 aliphatic rings. The number of hydrogen-bond donors (Lipinski definition) is 1. The molecule has 1 heterocycles. The Bertz CT molecular complexity index is 647. The summed E-state index contributed by atoms with van der Waals surface area (Å²) < 4.78 is 1.77. The van der Waals surface area contributed by atoms with E-state index in [0.717, 1.165) is 18.4 Å². The number of rotatable bonds is 4. The van der Waals surface area contributed by atoms with E-state index in [1.54, 1.807) is 4.68 Å². The average Bonchev–Trinajstić information content (AvgIpc) is 3.01. The monoisotopic (exact) mass is 283 g/mol. The highest BCUT2D eigenvalue weighted by molar-refractivity contribution is 5.77. The summed E-state index contributed by atoms with van der Waals surface area (Å²) in [5.74, 6) is 0.581. The molecule has 0 radical (unpaired) electrons. The summed E-state index contributed by atoms with van der Waals surface area (Å²) in [4.78, 5) is 12.2. The van der Waals surface area contributed by atoms with Gasteiger partial charge < -0.3 is 5.32 Å². The van der Waals surface area contributed by atoms with E-state index in [-0.39, 0.29) is 11.9 Å². The summed E-state index contributed by atoms with van der Waals surface area (Å²) in [5.41, 5.74) is 3.75. The molecule has 2 aromatic rings. The first-order valence-corrected chi connectivity index (χ1v) is 7.48. The quantitative estimate of drug-likeness (QED) is 0.936. The van der Waals surface area contributed by atoms with Crippen LogP contribution in [0.5, 0.6) is 0 Å². The molecule has 21 heavy (non-hydrogen) atoms. The summed E-state index contributed by atoms with van der Waals surface area (Å²) in [7, 11) is 1.89. The average molecular weight is 283 g/mol. The molecule has 4 heteroatoms. The number of nitrogens with zero attached hydrogens (tertiary/aromatic N) is 2. The molecule has 0 aliphatic heterocycles. The van der Waals surface area contributed by atoms with E-state index in [0.29, 0.717) is 12.3 Å². The van der Waals surface area contributed by atoms with Crippen molar-refractivity contribution in [1.82, 2.24) is 15.1 Å². The molecule has 0 saturated carbocycles. The topological polar surface area (TPSA) is 46.9 Å². The van der Waals surface area contributed by atoms with E-state index >= 15 is 0 Å². The van der Waals surface area contributed by atoms with Crippen molar-refractivity contribution >= 4 is 5.91 Å². The molecule has 0 unspecified atom stereocenters. The van der Waals surface area contributed by atoms with Crippen LogP contribution in [0.2, 0.25) is 0 Å². The van der Waals surface area contributed by atoms with Crippen molar-refractivity contribution in [3.8, 4) is 0 Å². The Morgan fingerprint density at radius 1 is 1.43 bits per heavy atom. The Morgan fingerprint density at radius 2 is 2.24 bits per heavy atom. The zero-order valence-electron chi connectivity index (χ0n) is 12.5. The van der Waals surface area contributed by atoms with Crippen LogP contribution in [-0.2, 0) is 24.7 Å². The first-order chi connectivity index (χ1) is 10.1. The summed E-state index contributed by atoms with van der Waals surface area (Å²) in [6.45, 7) is 2.20. The number of aromatic nitrogens is 2. The Hall–Kier alpha value is -2.10. The molecular formula is C17H21N3O. The van der Waals surface area contributed by atoms with Gasteiger partial charge in [-0.05, 0) is 35.4 Å². The third-order valence-electron chi connectivity index (χ3n) is 4.22. The third-order valence-corrected chi connectivity index (χ3v) is 4.22. The second kappa shape index (κ2) is 5.72. The summed E-state index contributed by atoms with van der Waals surface area (Å²) in [6, 6.07) is 8.56. The van der Waals surface area contributed by atoms with Gasteiger partial charge in [-0.3, -0.25) is 9.48 Å². The second-order valence-corrected chi connectivity index (χ2v) is 5.95.